The van der Waals surface area contributed by atoms with E-state index in [9.17, 15) is 13.2 Å². The highest BCUT2D eigenvalue weighted by molar-refractivity contribution is 7.88. The molecule has 0 saturated carbocycles. The summed E-state index contributed by atoms with van der Waals surface area (Å²) in [6.45, 7) is 5.18. The molecule has 0 radical (unpaired) electrons. The zero-order valence-electron chi connectivity index (χ0n) is 8.25. The summed E-state index contributed by atoms with van der Waals surface area (Å²) < 4.78 is 21.1. The standard InChI is InChI=1S/C7H15NO4S/c1-5-7(2,3)6(9)12-8-13(4,10)11/h8H,5H2,1-4H3. The molecule has 0 aromatic rings. The van der Waals surface area contributed by atoms with Gasteiger partial charge in [-0.3, -0.25) is 0 Å². The minimum absolute atomic E-state index is 0.581. The normalized spacial score (nSPS) is 12.6. The number of carbonyl (C=O) groups excluding carboxylic acids is 1. The maximum Gasteiger partial charge on any atom is 0.331 e. The van der Waals surface area contributed by atoms with E-state index in [0.29, 0.717) is 6.42 Å². The van der Waals surface area contributed by atoms with Crippen molar-refractivity contribution < 1.29 is 18.0 Å². The molecule has 0 amide bonds. The van der Waals surface area contributed by atoms with Crippen molar-refractivity contribution >= 4 is 16.0 Å². The van der Waals surface area contributed by atoms with E-state index in [-0.39, 0.29) is 0 Å². The fraction of sp³-hybridized carbons (Fsp3) is 0.857. The lowest BCUT2D eigenvalue weighted by Crippen LogP contribution is -2.33. The topological polar surface area (TPSA) is 72.5 Å². The monoisotopic (exact) mass is 209 g/mol. The van der Waals surface area contributed by atoms with Crippen LogP contribution in [-0.4, -0.2) is 20.6 Å². The number of rotatable bonds is 4. The zero-order valence-corrected chi connectivity index (χ0v) is 9.06. The summed E-state index contributed by atoms with van der Waals surface area (Å²) in [4.78, 5) is 17.3. The Morgan fingerprint density at radius 3 is 2.23 bits per heavy atom. The van der Waals surface area contributed by atoms with Crippen LogP contribution in [0.4, 0.5) is 0 Å². The Balaban J connectivity index is 4.19. The molecule has 0 saturated heterocycles. The first kappa shape index (κ1) is 12.4. The minimum Gasteiger partial charge on any atom is -0.355 e. The van der Waals surface area contributed by atoms with Gasteiger partial charge in [0, 0.05) is 0 Å². The van der Waals surface area contributed by atoms with E-state index in [4.69, 9.17) is 0 Å². The van der Waals surface area contributed by atoms with Crippen LogP contribution >= 0.6 is 0 Å². The van der Waals surface area contributed by atoms with Gasteiger partial charge in [0.1, 0.15) is 0 Å². The Bertz CT molecular complexity index is 281. The van der Waals surface area contributed by atoms with Crippen molar-refractivity contribution in [1.82, 2.24) is 4.89 Å². The van der Waals surface area contributed by atoms with Crippen molar-refractivity contribution in [1.29, 1.82) is 0 Å². The van der Waals surface area contributed by atoms with Crippen LogP contribution in [0.15, 0.2) is 0 Å². The highest BCUT2D eigenvalue weighted by Gasteiger charge is 2.28. The van der Waals surface area contributed by atoms with E-state index in [0.717, 1.165) is 6.26 Å². The Morgan fingerprint density at radius 1 is 1.46 bits per heavy atom. The van der Waals surface area contributed by atoms with Gasteiger partial charge in [-0.05, 0) is 25.2 Å². The van der Waals surface area contributed by atoms with E-state index >= 15 is 0 Å². The molecule has 78 valence electrons. The van der Waals surface area contributed by atoms with Gasteiger partial charge in [-0.1, -0.05) is 6.92 Å². The summed E-state index contributed by atoms with van der Waals surface area (Å²) in [5, 5.41) is 0. The molecule has 5 nitrogen and oxygen atoms in total. The van der Waals surface area contributed by atoms with E-state index in [1.54, 1.807) is 18.7 Å². The van der Waals surface area contributed by atoms with Crippen molar-refractivity contribution in [3.63, 3.8) is 0 Å². The highest BCUT2D eigenvalue weighted by Crippen LogP contribution is 2.20. The molecule has 0 aromatic carbocycles. The summed E-state index contributed by atoms with van der Waals surface area (Å²) >= 11 is 0. The highest BCUT2D eigenvalue weighted by atomic mass is 32.2. The maximum absolute atomic E-state index is 11.2. The Hall–Kier alpha value is -0.620. The van der Waals surface area contributed by atoms with Crippen LogP contribution in [0.25, 0.3) is 0 Å². The average molecular weight is 209 g/mol. The fourth-order valence-corrected chi connectivity index (χ4v) is 0.623. The van der Waals surface area contributed by atoms with Crippen molar-refractivity contribution in [3.8, 4) is 0 Å². The summed E-state index contributed by atoms with van der Waals surface area (Å²) in [6, 6.07) is 0. The molecule has 1 N–H and O–H groups in total. The van der Waals surface area contributed by atoms with Crippen LogP contribution in [0, 0.1) is 5.41 Å². The van der Waals surface area contributed by atoms with Crippen LogP contribution in [0.2, 0.25) is 0 Å². The third kappa shape index (κ3) is 4.84. The van der Waals surface area contributed by atoms with Gasteiger partial charge in [0.2, 0.25) is 10.0 Å². The van der Waals surface area contributed by atoms with Crippen molar-refractivity contribution in [2.75, 3.05) is 6.26 Å². The number of hydrogen-bond donors (Lipinski definition) is 1. The summed E-state index contributed by atoms with van der Waals surface area (Å²) in [6.07, 6.45) is 1.50. The average Bonchev–Trinajstić information content (AvgIpc) is 1.98. The first-order valence-electron chi connectivity index (χ1n) is 3.87. The molecule has 0 aliphatic heterocycles. The lowest BCUT2D eigenvalue weighted by Gasteiger charge is -2.19. The van der Waals surface area contributed by atoms with Crippen LogP contribution in [0.5, 0.6) is 0 Å². The quantitative estimate of drug-likeness (QED) is 0.681. The van der Waals surface area contributed by atoms with Gasteiger partial charge in [-0.15, -0.1) is 0 Å². The Morgan fingerprint density at radius 2 is 1.92 bits per heavy atom. The summed E-state index contributed by atoms with van der Waals surface area (Å²) in [5.74, 6) is -0.583. The molecule has 0 aromatic heterocycles. The first-order chi connectivity index (χ1) is 5.69. The molecule has 0 fully saturated rings. The van der Waals surface area contributed by atoms with Crippen LogP contribution in [0.1, 0.15) is 27.2 Å². The predicted octanol–water partition coefficient (Wildman–Crippen LogP) is 0.430. The maximum atomic E-state index is 11.2. The molecule has 0 bridgehead atoms. The third-order valence-electron chi connectivity index (χ3n) is 1.72. The van der Waals surface area contributed by atoms with Gasteiger partial charge in [0.15, 0.2) is 0 Å². The molecule has 0 atom stereocenters. The van der Waals surface area contributed by atoms with E-state index in [2.05, 4.69) is 4.84 Å². The van der Waals surface area contributed by atoms with Gasteiger partial charge in [-0.25, -0.2) is 13.2 Å². The Kier molecular flexibility index (Phi) is 3.87. The predicted molar refractivity (Wildman–Crippen MR) is 48.1 cm³/mol. The smallest absolute Gasteiger partial charge is 0.331 e. The van der Waals surface area contributed by atoms with Crippen LogP contribution < -0.4 is 4.89 Å². The number of hydrogen-bond acceptors (Lipinski definition) is 4. The van der Waals surface area contributed by atoms with Crippen LogP contribution in [0.3, 0.4) is 0 Å². The Labute approximate surface area is 78.5 Å². The van der Waals surface area contributed by atoms with Gasteiger partial charge in [0.05, 0.1) is 11.7 Å². The molecular weight excluding hydrogens is 194 g/mol. The van der Waals surface area contributed by atoms with Crippen molar-refractivity contribution in [2.45, 2.75) is 27.2 Å². The lowest BCUT2D eigenvalue weighted by atomic mass is 9.91. The van der Waals surface area contributed by atoms with Crippen molar-refractivity contribution in [2.24, 2.45) is 5.41 Å². The molecular formula is C7H15NO4S. The second kappa shape index (κ2) is 4.06. The molecule has 0 aliphatic rings. The molecule has 13 heavy (non-hydrogen) atoms. The van der Waals surface area contributed by atoms with E-state index in [1.807, 2.05) is 6.92 Å². The lowest BCUT2D eigenvalue weighted by molar-refractivity contribution is -0.157. The number of nitrogens with one attached hydrogen (secondary N) is 1. The van der Waals surface area contributed by atoms with E-state index in [1.165, 1.54) is 0 Å². The second-order valence-corrected chi connectivity index (χ2v) is 5.19. The summed E-state index contributed by atoms with van der Waals surface area (Å²) in [7, 11) is -3.48. The molecule has 0 aliphatic carbocycles. The minimum atomic E-state index is -3.48. The zero-order chi connectivity index (χ0) is 10.7. The second-order valence-electron chi connectivity index (χ2n) is 3.48. The van der Waals surface area contributed by atoms with Gasteiger partial charge in [0.25, 0.3) is 0 Å². The molecule has 0 spiro atoms. The van der Waals surface area contributed by atoms with Gasteiger partial charge in [-0.2, -0.15) is 0 Å². The van der Waals surface area contributed by atoms with E-state index < -0.39 is 21.4 Å². The first-order valence-corrected chi connectivity index (χ1v) is 5.76. The summed E-state index contributed by atoms with van der Waals surface area (Å²) in [5.41, 5.74) is -0.669. The molecule has 0 heterocycles. The fourth-order valence-electron chi connectivity index (χ4n) is 0.396. The van der Waals surface area contributed by atoms with Gasteiger partial charge < -0.3 is 4.84 Å². The number of sulfonamides is 1. The third-order valence-corrected chi connectivity index (χ3v) is 2.11. The van der Waals surface area contributed by atoms with Gasteiger partial charge >= 0.3 is 5.97 Å². The molecule has 0 unspecified atom stereocenters. The largest absolute Gasteiger partial charge is 0.355 e. The molecule has 0 rings (SSSR count). The van der Waals surface area contributed by atoms with Crippen LogP contribution in [-0.2, 0) is 19.7 Å². The van der Waals surface area contributed by atoms with Crippen molar-refractivity contribution in [3.05, 3.63) is 0 Å². The SMILES string of the molecule is CCC(C)(C)C(=O)ONS(C)(=O)=O. The number of carbonyl (C=O) groups is 1. The molecule has 6 heteroatoms.